The first-order valence-electron chi connectivity index (χ1n) is 6.79. The highest BCUT2D eigenvalue weighted by Crippen LogP contribution is 2.28. The number of hydrogen-bond acceptors (Lipinski definition) is 3. The van der Waals surface area contributed by atoms with Crippen molar-refractivity contribution < 1.29 is 4.79 Å². The van der Waals surface area contributed by atoms with Crippen molar-refractivity contribution in [3.63, 3.8) is 0 Å². The standard InChI is InChI=1S/C13H24N2OS/c1-9-5-4-8-14-12(9)13(16)15-10-6-3-7-11(10)17-2/h9-12,14H,3-8H2,1-2H3,(H,15,16). The number of hydrogen-bond donors (Lipinski definition) is 2. The zero-order valence-electron chi connectivity index (χ0n) is 10.9. The number of piperidine rings is 1. The SMILES string of the molecule is CSC1CCCC1NC(=O)C1NCCCC1C. The predicted molar refractivity (Wildman–Crippen MR) is 73.3 cm³/mol. The van der Waals surface area contributed by atoms with E-state index in [4.69, 9.17) is 0 Å². The molecule has 0 aromatic carbocycles. The van der Waals surface area contributed by atoms with Gasteiger partial charge in [-0.1, -0.05) is 13.3 Å². The molecule has 0 aromatic rings. The average molecular weight is 256 g/mol. The third kappa shape index (κ3) is 3.16. The summed E-state index contributed by atoms with van der Waals surface area (Å²) in [7, 11) is 0. The summed E-state index contributed by atoms with van der Waals surface area (Å²) in [6.45, 7) is 3.16. The average Bonchev–Trinajstić information content (AvgIpc) is 2.76. The lowest BCUT2D eigenvalue weighted by atomic mass is 9.92. The molecule has 4 atom stereocenters. The molecule has 1 amide bonds. The molecule has 17 heavy (non-hydrogen) atoms. The number of amides is 1. The predicted octanol–water partition coefficient (Wildman–Crippen LogP) is 1.77. The van der Waals surface area contributed by atoms with E-state index >= 15 is 0 Å². The largest absolute Gasteiger partial charge is 0.351 e. The summed E-state index contributed by atoms with van der Waals surface area (Å²) in [5.41, 5.74) is 0. The molecule has 1 saturated carbocycles. The fourth-order valence-corrected chi connectivity index (χ4v) is 3.98. The highest BCUT2D eigenvalue weighted by Gasteiger charge is 2.32. The van der Waals surface area contributed by atoms with E-state index < -0.39 is 0 Å². The smallest absolute Gasteiger partial charge is 0.237 e. The highest BCUT2D eigenvalue weighted by atomic mass is 32.2. The Kier molecular flexibility index (Phi) is 4.74. The Morgan fingerprint density at radius 2 is 2.12 bits per heavy atom. The zero-order chi connectivity index (χ0) is 12.3. The number of carbonyl (C=O) groups is 1. The van der Waals surface area contributed by atoms with Gasteiger partial charge in [-0.05, 0) is 44.4 Å². The van der Waals surface area contributed by atoms with Crippen molar-refractivity contribution in [2.75, 3.05) is 12.8 Å². The van der Waals surface area contributed by atoms with Gasteiger partial charge in [0.2, 0.25) is 5.91 Å². The first kappa shape index (κ1) is 13.2. The van der Waals surface area contributed by atoms with Crippen molar-refractivity contribution in [2.24, 2.45) is 5.92 Å². The number of rotatable bonds is 3. The van der Waals surface area contributed by atoms with Crippen molar-refractivity contribution in [3.05, 3.63) is 0 Å². The second-order valence-corrected chi connectivity index (χ2v) is 6.45. The van der Waals surface area contributed by atoms with E-state index in [1.807, 2.05) is 11.8 Å². The van der Waals surface area contributed by atoms with Crippen LogP contribution in [0.3, 0.4) is 0 Å². The molecule has 2 rings (SSSR count). The summed E-state index contributed by atoms with van der Waals surface area (Å²) in [5, 5.41) is 7.24. The van der Waals surface area contributed by atoms with Crippen LogP contribution in [0.5, 0.6) is 0 Å². The first-order valence-corrected chi connectivity index (χ1v) is 8.07. The van der Waals surface area contributed by atoms with Gasteiger partial charge in [-0.2, -0.15) is 11.8 Å². The maximum atomic E-state index is 12.2. The molecule has 0 radical (unpaired) electrons. The summed E-state index contributed by atoms with van der Waals surface area (Å²) in [6, 6.07) is 0.431. The van der Waals surface area contributed by atoms with Gasteiger partial charge in [0.25, 0.3) is 0 Å². The van der Waals surface area contributed by atoms with Crippen molar-refractivity contribution in [3.8, 4) is 0 Å². The van der Waals surface area contributed by atoms with Crippen LogP contribution in [0.2, 0.25) is 0 Å². The summed E-state index contributed by atoms with van der Waals surface area (Å²) in [6.07, 6.45) is 8.17. The van der Waals surface area contributed by atoms with Gasteiger partial charge in [0.1, 0.15) is 0 Å². The molecule has 2 N–H and O–H groups in total. The lowest BCUT2D eigenvalue weighted by molar-refractivity contribution is -0.125. The number of thioether (sulfide) groups is 1. The highest BCUT2D eigenvalue weighted by molar-refractivity contribution is 7.99. The quantitative estimate of drug-likeness (QED) is 0.808. The lowest BCUT2D eigenvalue weighted by Gasteiger charge is -2.31. The van der Waals surface area contributed by atoms with Crippen LogP contribution in [0.4, 0.5) is 0 Å². The molecular weight excluding hydrogens is 232 g/mol. The van der Waals surface area contributed by atoms with E-state index in [9.17, 15) is 4.79 Å². The summed E-state index contributed by atoms with van der Waals surface area (Å²) in [5.74, 6) is 0.695. The molecule has 4 unspecified atom stereocenters. The van der Waals surface area contributed by atoms with Crippen LogP contribution in [-0.4, -0.2) is 36.0 Å². The fourth-order valence-electron chi connectivity index (χ4n) is 3.05. The molecule has 3 nitrogen and oxygen atoms in total. The van der Waals surface area contributed by atoms with E-state index in [-0.39, 0.29) is 11.9 Å². The van der Waals surface area contributed by atoms with Gasteiger partial charge in [-0.15, -0.1) is 0 Å². The molecule has 0 bridgehead atoms. The van der Waals surface area contributed by atoms with E-state index in [2.05, 4.69) is 23.8 Å². The van der Waals surface area contributed by atoms with Gasteiger partial charge in [0.05, 0.1) is 6.04 Å². The fraction of sp³-hybridized carbons (Fsp3) is 0.923. The van der Waals surface area contributed by atoms with Gasteiger partial charge >= 0.3 is 0 Å². The second kappa shape index (κ2) is 6.10. The van der Waals surface area contributed by atoms with Crippen LogP contribution < -0.4 is 10.6 Å². The third-order valence-electron chi connectivity index (χ3n) is 4.13. The van der Waals surface area contributed by atoms with Crippen molar-refractivity contribution in [1.29, 1.82) is 0 Å². The Morgan fingerprint density at radius 3 is 2.82 bits per heavy atom. The number of nitrogens with one attached hydrogen (secondary N) is 2. The molecule has 0 spiro atoms. The lowest BCUT2D eigenvalue weighted by Crippen LogP contribution is -2.53. The Morgan fingerprint density at radius 1 is 1.29 bits per heavy atom. The van der Waals surface area contributed by atoms with Gasteiger partial charge in [0, 0.05) is 11.3 Å². The zero-order valence-corrected chi connectivity index (χ0v) is 11.7. The van der Waals surface area contributed by atoms with Crippen LogP contribution in [0.25, 0.3) is 0 Å². The van der Waals surface area contributed by atoms with Crippen LogP contribution >= 0.6 is 11.8 Å². The van der Waals surface area contributed by atoms with Crippen molar-refractivity contribution >= 4 is 17.7 Å². The van der Waals surface area contributed by atoms with Gasteiger partial charge in [-0.25, -0.2) is 0 Å². The Hall–Kier alpha value is -0.220. The molecule has 1 saturated heterocycles. The molecular formula is C13H24N2OS. The molecule has 98 valence electrons. The Bertz CT molecular complexity index is 272. The Labute approximate surface area is 108 Å². The molecule has 1 aliphatic carbocycles. The van der Waals surface area contributed by atoms with Crippen LogP contribution in [0, 0.1) is 5.92 Å². The molecule has 1 aliphatic heterocycles. The minimum atomic E-state index is 0.0341. The first-order chi connectivity index (χ1) is 8.22. The van der Waals surface area contributed by atoms with Crippen LogP contribution in [0.15, 0.2) is 0 Å². The molecule has 1 heterocycles. The maximum Gasteiger partial charge on any atom is 0.237 e. The van der Waals surface area contributed by atoms with Crippen LogP contribution in [-0.2, 0) is 4.79 Å². The maximum absolute atomic E-state index is 12.2. The van der Waals surface area contributed by atoms with Gasteiger partial charge in [0.15, 0.2) is 0 Å². The van der Waals surface area contributed by atoms with Crippen molar-refractivity contribution in [1.82, 2.24) is 10.6 Å². The molecule has 2 fully saturated rings. The van der Waals surface area contributed by atoms with Crippen molar-refractivity contribution in [2.45, 2.75) is 56.4 Å². The van der Waals surface area contributed by atoms with E-state index in [0.29, 0.717) is 17.2 Å². The van der Waals surface area contributed by atoms with E-state index in [1.165, 1.54) is 25.7 Å². The van der Waals surface area contributed by atoms with Gasteiger partial charge < -0.3 is 10.6 Å². The van der Waals surface area contributed by atoms with E-state index in [1.54, 1.807) is 0 Å². The topological polar surface area (TPSA) is 41.1 Å². The normalized spacial score (nSPS) is 38.0. The number of carbonyl (C=O) groups excluding carboxylic acids is 1. The monoisotopic (exact) mass is 256 g/mol. The third-order valence-corrected chi connectivity index (χ3v) is 5.30. The summed E-state index contributed by atoms with van der Waals surface area (Å²) in [4.78, 5) is 12.2. The molecule has 4 heteroatoms. The van der Waals surface area contributed by atoms with Crippen LogP contribution in [0.1, 0.15) is 39.0 Å². The second-order valence-electron chi connectivity index (χ2n) is 5.37. The Balaban J connectivity index is 1.87. The molecule has 2 aliphatic rings. The van der Waals surface area contributed by atoms with Gasteiger partial charge in [-0.3, -0.25) is 4.79 Å². The minimum absolute atomic E-state index is 0.0341. The minimum Gasteiger partial charge on any atom is -0.351 e. The molecule has 0 aromatic heterocycles. The summed E-state index contributed by atoms with van der Waals surface area (Å²) >= 11 is 1.89. The summed E-state index contributed by atoms with van der Waals surface area (Å²) < 4.78 is 0. The van der Waals surface area contributed by atoms with E-state index in [0.717, 1.165) is 13.0 Å².